The number of unbranched alkanes of at least 4 members (excludes halogenated alkanes) is 1. The standard InChI is InChI=1S/C28H41N3O5S/c1-6-8-13-29-26(34)24-28-17(5)14-21(37-28)22(23(28)27(35)31(24)20(15-32)16(3)4)25(33)30-18-9-11-19(12-10-18)36-7-2/h9-12,16-17,20-24,32H,6-8,13-15H2,1-5H3,(H,29,34)(H,30,33)/t17?,20-,21-,22+,23-,24?,28?/m0/s1. The van der Waals surface area contributed by atoms with Crippen molar-refractivity contribution in [1.29, 1.82) is 0 Å². The number of aliphatic hydroxyl groups is 1. The molecule has 1 spiro atoms. The number of amides is 3. The highest BCUT2D eigenvalue weighted by Gasteiger charge is 2.76. The molecule has 3 N–H and O–H groups in total. The Labute approximate surface area is 224 Å². The highest BCUT2D eigenvalue weighted by Crippen LogP contribution is 2.69. The van der Waals surface area contributed by atoms with E-state index in [4.69, 9.17) is 4.74 Å². The molecule has 2 bridgehead atoms. The number of nitrogens with one attached hydrogen (secondary N) is 2. The molecule has 1 aromatic rings. The van der Waals surface area contributed by atoms with Gasteiger partial charge in [0.25, 0.3) is 0 Å². The molecule has 3 saturated heterocycles. The van der Waals surface area contributed by atoms with Gasteiger partial charge in [0.2, 0.25) is 17.7 Å². The van der Waals surface area contributed by atoms with Crippen LogP contribution in [0.3, 0.4) is 0 Å². The number of anilines is 1. The van der Waals surface area contributed by atoms with Gasteiger partial charge in [-0.3, -0.25) is 14.4 Å². The molecular formula is C28H41N3O5S. The lowest BCUT2D eigenvalue weighted by molar-refractivity contribution is -0.143. The van der Waals surface area contributed by atoms with Crippen LogP contribution < -0.4 is 15.4 Å². The molecule has 0 radical (unpaired) electrons. The van der Waals surface area contributed by atoms with Gasteiger partial charge in [-0.1, -0.05) is 34.1 Å². The summed E-state index contributed by atoms with van der Waals surface area (Å²) in [6.07, 6.45) is 2.58. The van der Waals surface area contributed by atoms with E-state index in [9.17, 15) is 19.5 Å². The molecule has 4 rings (SSSR count). The monoisotopic (exact) mass is 531 g/mol. The molecule has 1 aromatic carbocycles. The van der Waals surface area contributed by atoms with E-state index in [1.54, 1.807) is 28.8 Å². The first kappa shape index (κ1) is 27.8. The summed E-state index contributed by atoms with van der Waals surface area (Å²) >= 11 is 1.65. The molecule has 37 heavy (non-hydrogen) atoms. The maximum Gasteiger partial charge on any atom is 0.244 e. The first-order chi connectivity index (χ1) is 17.7. The summed E-state index contributed by atoms with van der Waals surface area (Å²) in [5, 5.41) is 16.3. The van der Waals surface area contributed by atoms with Crippen molar-refractivity contribution in [3.05, 3.63) is 24.3 Å². The molecule has 3 aliphatic heterocycles. The van der Waals surface area contributed by atoms with Crippen molar-refractivity contribution in [2.24, 2.45) is 23.7 Å². The average Bonchev–Trinajstić information content (AvgIpc) is 3.45. The number of carbonyl (C=O) groups is 3. The highest BCUT2D eigenvalue weighted by molar-refractivity contribution is 8.02. The molecule has 3 aliphatic rings. The van der Waals surface area contributed by atoms with Crippen LogP contribution in [0.1, 0.15) is 53.9 Å². The molecule has 3 amide bonds. The van der Waals surface area contributed by atoms with Crippen LogP contribution in [0.2, 0.25) is 0 Å². The minimum atomic E-state index is -0.713. The minimum absolute atomic E-state index is 0.0358. The van der Waals surface area contributed by atoms with Crippen molar-refractivity contribution in [3.63, 3.8) is 0 Å². The van der Waals surface area contributed by atoms with Crippen LogP contribution >= 0.6 is 11.8 Å². The van der Waals surface area contributed by atoms with E-state index in [0.29, 0.717) is 18.8 Å². The Hall–Kier alpha value is -2.26. The van der Waals surface area contributed by atoms with Crippen molar-refractivity contribution >= 4 is 35.2 Å². The third-order valence-electron chi connectivity index (χ3n) is 8.31. The van der Waals surface area contributed by atoms with E-state index in [1.807, 2.05) is 32.9 Å². The molecule has 0 saturated carbocycles. The molecule has 204 valence electrons. The number of benzene rings is 1. The lowest BCUT2D eigenvalue weighted by atomic mass is 9.66. The third-order valence-corrected chi connectivity index (χ3v) is 10.4. The number of nitrogens with zero attached hydrogens (tertiary/aromatic N) is 1. The first-order valence-corrected chi connectivity index (χ1v) is 14.5. The lowest BCUT2D eigenvalue weighted by Crippen LogP contribution is -2.59. The average molecular weight is 532 g/mol. The van der Waals surface area contributed by atoms with Crippen molar-refractivity contribution in [2.75, 3.05) is 25.1 Å². The van der Waals surface area contributed by atoms with Gasteiger partial charge in [-0.05, 0) is 55.9 Å². The zero-order chi connectivity index (χ0) is 26.9. The molecule has 3 heterocycles. The molecule has 3 fully saturated rings. The van der Waals surface area contributed by atoms with Crippen LogP contribution in [0.5, 0.6) is 5.75 Å². The number of likely N-dealkylation sites (tertiary alicyclic amines) is 1. The molecule has 7 atom stereocenters. The zero-order valence-corrected chi connectivity index (χ0v) is 23.3. The van der Waals surface area contributed by atoms with Crippen molar-refractivity contribution in [3.8, 4) is 5.75 Å². The van der Waals surface area contributed by atoms with Crippen molar-refractivity contribution in [1.82, 2.24) is 10.2 Å². The summed E-state index contributed by atoms with van der Waals surface area (Å²) in [5.74, 6) is -0.913. The summed E-state index contributed by atoms with van der Waals surface area (Å²) in [6, 6.07) is 6.02. The Morgan fingerprint density at radius 1 is 1.22 bits per heavy atom. The summed E-state index contributed by atoms with van der Waals surface area (Å²) in [7, 11) is 0. The van der Waals surface area contributed by atoms with Gasteiger partial charge in [0, 0.05) is 17.5 Å². The van der Waals surface area contributed by atoms with Gasteiger partial charge < -0.3 is 25.4 Å². The second-order valence-electron chi connectivity index (χ2n) is 10.9. The Morgan fingerprint density at radius 3 is 2.51 bits per heavy atom. The molecular weight excluding hydrogens is 490 g/mol. The summed E-state index contributed by atoms with van der Waals surface area (Å²) in [5.41, 5.74) is 0.648. The zero-order valence-electron chi connectivity index (χ0n) is 22.5. The number of fused-ring (bicyclic) bond motifs is 1. The SMILES string of the molecule is CCCCNC(=O)C1N([C@@H](CO)C(C)C)C(=O)[C@@H]2[C@H](C(=O)Nc3ccc(OCC)cc3)[C@@H]3CC(C)C12S3. The Bertz CT molecular complexity index is 1000. The third kappa shape index (κ3) is 4.73. The van der Waals surface area contributed by atoms with Gasteiger partial charge in [0.05, 0.1) is 35.8 Å². The van der Waals surface area contributed by atoms with E-state index in [-0.39, 0.29) is 41.4 Å². The van der Waals surface area contributed by atoms with Crippen LogP contribution in [0.4, 0.5) is 5.69 Å². The van der Waals surface area contributed by atoms with Gasteiger partial charge in [0.15, 0.2) is 0 Å². The second kappa shape index (κ2) is 11.2. The lowest BCUT2D eigenvalue weighted by Gasteiger charge is -2.40. The molecule has 0 aliphatic carbocycles. The summed E-state index contributed by atoms with van der Waals surface area (Å²) in [6.45, 7) is 10.9. The van der Waals surface area contributed by atoms with Crippen molar-refractivity contribution < 1.29 is 24.2 Å². The largest absolute Gasteiger partial charge is 0.494 e. The van der Waals surface area contributed by atoms with Crippen LogP contribution in [0.15, 0.2) is 24.3 Å². The van der Waals surface area contributed by atoms with Crippen LogP contribution in [-0.4, -0.2) is 69.6 Å². The van der Waals surface area contributed by atoms with Gasteiger partial charge in [-0.2, -0.15) is 0 Å². The summed E-state index contributed by atoms with van der Waals surface area (Å²) < 4.78 is 4.80. The number of aliphatic hydroxyl groups excluding tert-OH is 1. The van der Waals surface area contributed by atoms with E-state index < -0.39 is 28.7 Å². The number of hydrogen-bond acceptors (Lipinski definition) is 6. The van der Waals surface area contributed by atoms with Gasteiger partial charge >= 0.3 is 0 Å². The van der Waals surface area contributed by atoms with Crippen LogP contribution in [0, 0.1) is 23.7 Å². The number of ether oxygens (including phenoxy) is 1. The number of rotatable bonds is 11. The maximum atomic E-state index is 14.2. The fraction of sp³-hybridized carbons (Fsp3) is 0.679. The van der Waals surface area contributed by atoms with E-state index in [0.717, 1.165) is 25.0 Å². The van der Waals surface area contributed by atoms with Gasteiger partial charge in [-0.15, -0.1) is 11.8 Å². The molecule has 3 unspecified atom stereocenters. The number of carbonyl (C=O) groups excluding carboxylic acids is 3. The highest BCUT2D eigenvalue weighted by atomic mass is 32.2. The molecule has 0 aromatic heterocycles. The maximum absolute atomic E-state index is 14.2. The quantitative estimate of drug-likeness (QED) is 0.378. The number of thioether (sulfide) groups is 1. The van der Waals surface area contributed by atoms with E-state index >= 15 is 0 Å². The summed E-state index contributed by atoms with van der Waals surface area (Å²) in [4.78, 5) is 43.2. The molecule has 8 nitrogen and oxygen atoms in total. The predicted molar refractivity (Wildman–Crippen MR) is 145 cm³/mol. The predicted octanol–water partition coefficient (Wildman–Crippen LogP) is 3.29. The van der Waals surface area contributed by atoms with Gasteiger partial charge in [-0.25, -0.2) is 0 Å². The fourth-order valence-corrected chi connectivity index (χ4v) is 8.96. The second-order valence-corrected chi connectivity index (χ2v) is 12.4. The topological polar surface area (TPSA) is 108 Å². The smallest absolute Gasteiger partial charge is 0.244 e. The van der Waals surface area contributed by atoms with Gasteiger partial charge in [0.1, 0.15) is 11.8 Å². The van der Waals surface area contributed by atoms with Crippen molar-refractivity contribution in [2.45, 2.75) is 76.0 Å². The normalized spacial score (nSPS) is 30.9. The van der Waals surface area contributed by atoms with Crippen LogP contribution in [0.25, 0.3) is 0 Å². The first-order valence-electron chi connectivity index (χ1n) is 13.6. The van der Waals surface area contributed by atoms with Crippen LogP contribution in [-0.2, 0) is 14.4 Å². The molecule has 9 heteroatoms. The van der Waals surface area contributed by atoms with E-state index in [1.165, 1.54) is 0 Å². The number of hydrogen-bond donors (Lipinski definition) is 3. The Kier molecular flexibility index (Phi) is 8.43. The Morgan fingerprint density at radius 2 is 1.92 bits per heavy atom. The van der Waals surface area contributed by atoms with E-state index in [2.05, 4.69) is 24.5 Å². The fourth-order valence-electron chi connectivity index (χ4n) is 6.55. The Balaban J connectivity index is 1.67. The minimum Gasteiger partial charge on any atom is -0.494 e.